The van der Waals surface area contributed by atoms with Crippen LogP contribution in [0.3, 0.4) is 0 Å². The molecule has 4 nitrogen and oxygen atoms in total. The summed E-state index contributed by atoms with van der Waals surface area (Å²) in [4.78, 5) is 0. The Morgan fingerprint density at radius 3 is 1.27 bits per heavy atom. The first kappa shape index (κ1) is 16.0. The molecule has 2 rings (SSSR count). The van der Waals surface area contributed by atoms with E-state index in [-0.39, 0.29) is 5.92 Å². The van der Waals surface area contributed by atoms with Crippen molar-refractivity contribution in [1.29, 1.82) is 0 Å². The van der Waals surface area contributed by atoms with E-state index in [2.05, 4.69) is 6.92 Å². The maximum atomic E-state index is 5.37. The van der Waals surface area contributed by atoms with Crippen molar-refractivity contribution in [2.45, 2.75) is 12.8 Å². The molecule has 0 aliphatic heterocycles. The van der Waals surface area contributed by atoms with Crippen LogP contribution in [-0.4, -0.2) is 28.4 Å². The molecule has 0 amide bonds. The molecule has 4 heteroatoms. The largest absolute Gasteiger partial charge is 0.493 e. The van der Waals surface area contributed by atoms with Crippen molar-refractivity contribution in [2.75, 3.05) is 28.4 Å². The van der Waals surface area contributed by atoms with Crippen molar-refractivity contribution < 1.29 is 18.9 Å². The molecule has 0 radical (unpaired) electrons. The van der Waals surface area contributed by atoms with Crippen molar-refractivity contribution in [3.05, 3.63) is 47.5 Å². The Morgan fingerprint density at radius 2 is 0.955 bits per heavy atom. The molecule has 0 aliphatic rings. The van der Waals surface area contributed by atoms with E-state index in [9.17, 15) is 0 Å². The maximum Gasteiger partial charge on any atom is 0.161 e. The number of benzene rings is 2. The average Bonchev–Trinajstić information content (AvgIpc) is 2.59. The summed E-state index contributed by atoms with van der Waals surface area (Å²) in [5.41, 5.74) is 2.29. The minimum atomic E-state index is 0.194. The van der Waals surface area contributed by atoms with E-state index in [1.807, 2.05) is 36.4 Å². The fraction of sp³-hybridized carbons (Fsp3) is 0.333. The first-order valence-corrected chi connectivity index (χ1v) is 7.08. The van der Waals surface area contributed by atoms with Crippen molar-refractivity contribution in [3.63, 3.8) is 0 Å². The highest BCUT2D eigenvalue weighted by molar-refractivity contribution is 5.49. The fourth-order valence-corrected chi connectivity index (χ4v) is 2.44. The van der Waals surface area contributed by atoms with Crippen LogP contribution in [0, 0.1) is 0 Å². The third kappa shape index (κ3) is 3.11. The Bertz CT molecular complexity index is 581. The number of ether oxygens (including phenoxy) is 4. The Hall–Kier alpha value is -2.36. The van der Waals surface area contributed by atoms with E-state index in [1.54, 1.807) is 28.4 Å². The zero-order chi connectivity index (χ0) is 16.1. The van der Waals surface area contributed by atoms with Gasteiger partial charge >= 0.3 is 0 Å². The van der Waals surface area contributed by atoms with E-state index >= 15 is 0 Å². The molecular formula is C18H22O4. The van der Waals surface area contributed by atoms with Crippen LogP contribution in [0.15, 0.2) is 36.4 Å². The molecule has 0 fully saturated rings. The van der Waals surface area contributed by atoms with Crippen LogP contribution in [0.25, 0.3) is 0 Å². The summed E-state index contributed by atoms with van der Waals surface area (Å²) >= 11 is 0. The molecule has 0 saturated carbocycles. The highest BCUT2D eigenvalue weighted by atomic mass is 16.5. The second kappa shape index (κ2) is 7.07. The lowest BCUT2D eigenvalue weighted by molar-refractivity contribution is 0.353. The minimum absolute atomic E-state index is 0.194. The van der Waals surface area contributed by atoms with Gasteiger partial charge in [0.15, 0.2) is 23.0 Å². The third-order valence-electron chi connectivity index (χ3n) is 3.82. The molecular weight excluding hydrogens is 280 g/mol. The molecule has 0 atom stereocenters. The Kier molecular flexibility index (Phi) is 5.15. The zero-order valence-corrected chi connectivity index (χ0v) is 13.7. The van der Waals surface area contributed by atoms with E-state index in [0.717, 1.165) is 34.1 Å². The second-order valence-corrected chi connectivity index (χ2v) is 4.95. The van der Waals surface area contributed by atoms with Gasteiger partial charge in [0.05, 0.1) is 28.4 Å². The number of hydrogen-bond donors (Lipinski definition) is 0. The molecule has 118 valence electrons. The van der Waals surface area contributed by atoms with Gasteiger partial charge in [0, 0.05) is 5.92 Å². The fourth-order valence-electron chi connectivity index (χ4n) is 2.44. The van der Waals surface area contributed by atoms with Gasteiger partial charge in [0.1, 0.15) is 0 Å². The Balaban J connectivity index is 2.37. The molecule has 2 aromatic rings. The highest BCUT2D eigenvalue weighted by Crippen LogP contribution is 2.36. The summed E-state index contributed by atoms with van der Waals surface area (Å²) in [6.07, 6.45) is 0. The Labute approximate surface area is 131 Å². The van der Waals surface area contributed by atoms with Crippen molar-refractivity contribution in [2.24, 2.45) is 0 Å². The smallest absolute Gasteiger partial charge is 0.161 e. The van der Waals surface area contributed by atoms with Crippen molar-refractivity contribution >= 4 is 0 Å². The van der Waals surface area contributed by atoms with Gasteiger partial charge in [-0.05, 0) is 35.4 Å². The van der Waals surface area contributed by atoms with Gasteiger partial charge in [-0.1, -0.05) is 19.1 Å². The first-order chi connectivity index (χ1) is 10.6. The first-order valence-electron chi connectivity index (χ1n) is 7.08. The average molecular weight is 302 g/mol. The number of hydrogen-bond acceptors (Lipinski definition) is 4. The lowest BCUT2D eigenvalue weighted by Gasteiger charge is -2.17. The van der Waals surface area contributed by atoms with Crippen LogP contribution in [0.1, 0.15) is 24.0 Å². The number of methoxy groups -OCH3 is 4. The summed E-state index contributed by atoms with van der Waals surface area (Å²) < 4.78 is 21.3. The van der Waals surface area contributed by atoms with Gasteiger partial charge in [-0.15, -0.1) is 0 Å². The lowest BCUT2D eigenvalue weighted by atomic mass is 9.92. The second-order valence-electron chi connectivity index (χ2n) is 4.95. The zero-order valence-electron chi connectivity index (χ0n) is 13.7. The molecule has 0 saturated heterocycles. The van der Waals surface area contributed by atoms with E-state index in [1.165, 1.54) is 0 Å². The minimum Gasteiger partial charge on any atom is -0.493 e. The molecule has 0 aliphatic carbocycles. The van der Waals surface area contributed by atoms with E-state index < -0.39 is 0 Å². The SMILES string of the molecule is COc1ccc(C(C)c2ccc(OC)c(OC)c2)cc1OC. The highest BCUT2D eigenvalue weighted by Gasteiger charge is 2.14. The van der Waals surface area contributed by atoms with E-state index in [4.69, 9.17) is 18.9 Å². The van der Waals surface area contributed by atoms with Crippen LogP contribution < -0.4 is 18.9 Å². The standard InChI is InChI=1S/C18H22O4/c1-12(13-6-8-15(19-2)17(10-13)21-4)14-7-9-16(20-3)18(11-14)22-5/h6-12H,1-5H3. The maximum absolute atomic E-state index is 5.37. The monoisotopic (exact) mass is 302 g/mol. The van der Waals surface area contributed by atoms with Gasteiger partial charge in [0.2, 0.25) is 0 Å². The summed E-state index contributed by atoms with van der Waals surface area (Å²) in [5.74, 6) is 3.11. The number of rotatable bonds is 6. The van der Waals surface area contributed by atoms with Gasteiger partial charge in [-0.25, -0.2) is 0 Å². The van der Waals surface area contributed by atoms with Gasteiger partial charge < -0.3 is 18.9 Å². The molecule has 0 aromatic heterocycles. The summed E-state index contributed by atoms with van der Waals surface area (Å²) in [6.45, 7) is 2.14. The summed E-state index contributed by atoms with van der Waals surface area (Å²) in [7, 11) is 6.55. The van der Waals surface area contributed by atoms with Crippen molar-refractivity contribution in [1.82, 2.24) is 0 Å². The predicted molar refractivity (Wildman–Crippen MR) is 86.6 cm³/mol. The van der Waals surface area contributed by atoms with E-state index in [0.29, 0.717) is 0 Å². The molecule has 0 unspecified atom stereocenters. The molecule has 0 bridgehead atoms. The molecule has 2 aromatic carbocycles. The normalized spacial score (nSPS) is 10.5. The molecule has 22 heavy (non-hydrogen) atoms. The molecule has 0 heterocycles. The predicted octanol–water partition coefficient (Wildman–Crippen LogP) is 3.87. The summed E-state index contributed by atoms with van der Waals surface area (Å²) in [6, 6.07) is 11.9. The Morgan fingerprint density at radius 1 is 0.591 bits per heavy atom. The molecule has 0 N–H and O–H groups in total. The van der Waals surface area contributed by atoms with Gasteiger partial charge in [-0.2, -0.15) is 0 Å². The van der Waals surface area contributed by atoms with Crippen molar-refractivity contribution in [3.8, 4) is 23.0 Å². The third-order valence-corrected chi connectivity index (χ3v) is 3.82. The quantitative estimate of drug-likeness (QED) is 0.811. The lowest BCUT2D eigenvalue weighted by Crippen LogP contribution is -2.00. The van der Waals surface area contributed by atoms with Crippen LogP contribution in [-0.2, 0) is 0 Å². The van der Waals surface area contributed by atoms with Crippen LogP contribution in [0.2, 0.25) is 0 Å². The van der Waals surface area contributed by atoms with Crippen LogP contribution in [0.4, 0.5) is 0 Å². The summed E-state index contributed by atoms with van der Waals surface area (Å²) in [5, 5.41) is 0. The van der Waals surface area contributed by atoms with Crippen LogP contribution in [0.5, 0.6) is 23.0 Å². The molecule has 0 spiro atoms. The topological polar surface area (TPSA) is 36.9 Å². The van der Waals surface area contributed by atoms with Gasteiger partial charge in [-0.3, -0.25) is 0 Å². The van der Waals surface area contributed by atoms with Gasteiger partial charge in [0.25, 0.3) is 0 Å². The van der Waals surface area contributed by atoms with Crippen LogP contribution >= 0.6 is 0 Å².